The fraction of sp³-hybridized carbons (Fsp3) is 0.211. The van der Waals surface area contributed by atoms with Gasteiger partial charge < -0.3 is 14.5 Å². The van der Waals surface area contributed by atoms with E-state index >= 15 is 0 Å². The van der Waals surface area contributed by atoms with E-state index in [4.69, 9.17) is 9.47 Å². The second kappa shape index (κ2) is 7.42. The van der Waals surface area contributed by atoms with E-state index in [1.807, 2.05) is 0 Å². The van der Waals surface area contributed by atoms with Crippen LogP contribution in [0, 0.1) is 6.92 Å². The van der Waals surface area contributed by atoms with E-state index in [9.17, 15) is 13.2 Å². The highest BCUT2D eigenvalue weighted by molar-refractivity contribution is 7.89. The van der Waals surface area contributed by atoms with Crippen molar-refractivity contribution in [3.05, 3.63) is 63.9 Å². The maximum absolute atomic E-state index is 12.5. The second-order valence-electron chi connectivity index (χ2n) is 6.03. The molecule has 1 aromatic heterocycles. The molecule has 7 nitrogen and oxygen atoms in total. The number of aromatic nitrogens is 1. The first-order valence-corrected chi connectivity index (χ1v) is 9.66. The van der Waals surface area contributed by atoms with Gasteiger partial charge in [-0.05, 0) is 54.3 Å². The van der Waals surface area contributed by atoms with Crippen molar-refractivity contribution in [3.63, 3.8) is 0 Å². The van der Waals surface area contributed by atoms with Gasteiger partial charge in [-0.15, -0.1) is 0 Å². The van der Waals surface area contributed by atoms with Crippen molar-refractivity contribution in [2.24, 2.45) is 0 Å². The van der Waals surface area contributed by atoms with E-state index < -0.39 is 10.0 Å². The molecule has 0 atom stereocenters. The van der Waals surface area contributed by atoms with Crippen molar-refractivity contribution >= 4 is 20.9 Å². The summed E-state index contributed by atoms with van der Waals surface area (Å²) in [6.07, 6.45) is 0. The molecule has 0 aliphatic carbocycles. The van der Waals surface area contributed by atoms with Crippen LogP contribution >= 0.6 is 0 Å². The number of benzene rings is 2. The van der Waals surface area contributed by atoms with Gasteiger partial charge in [-0.1, -0.05) is 0 Å². The Labute approximate surface area is 157 Å². The normalized spacial score (nSPS) is 11.5. The van der Waals surface area contributed by atoms with E-state index in [0.29, 0.717) is 28.1 Å². The molecular formula is C19H20N2O5S. The van der Waals surface area contributed by atoms with Gasteiger partial charge in [0.1, 0.15) is 11.5 Å². The summed E-state index contributed by atoms with van der Waals surface area (Å²) < 4.78 is 37.8. The Kier molecular flexibility index (Phi) is 5.20. The number of pyridine rings is 1. The van der Waals surface area contributed by atoms with Gasteiger partial charge in [0.05, 0.1) is 24.6 Å². The van der Waals surface area contributed by atoms with Crippen LogP contribution in [0.5, 0.6) is 11.5 Å². The molecule has 3 rings (SSSR count). The lowest BCUT2D eigenvalue weighted by atomic mass is 10.1. The first kappa shape index (κ1) is 18.9. The van der Waals surface area contributed by atoms with Gasteiger partial charge in [-0.2, -0.15) is 0 Å². The van der Waals surface area contributed by atoms with Gasteiger partial charge in [0.15, 0.2) is 0 Å². The maximum atomic E-state index is 12.5. The SMILES string of the molecule is COc1ccc2cc(CNS(=O)(=O)c3ccc(OC)c(C)c3)c(=O)[nH]c2c1. The fourth-order valence-electron chi connectivity index (χ4n) is 2.76. The lowest BCUT2D eigenvalue weighted by Gasteiger charge is -2.10. The van der Waals surface area contributed by atoms with Gasteiger partial charge in [0, 0.05) is 18.2 Å². The molecule has 0 unspecified atom stereocenters. The van der Waals surface area contributed by atoms with Gasteiger partial charge in [0.2, 0.25) is 10.0 Å². The summed E-state index contributed by atoms with van der Waals surface area (Å²) in [6, 6.07) is 11.5. The molecule has 1 heterocycles. The summed E-state index contributed by atoms with van der Waals surface area (Å²) >= 11 is 0. The third-order valence-corrected chi connectivity index (χ3v) is 5.66. The largest absolute Gasteiger partial charge is 0.497 e. The van der Waals surface area contributed by atoms with Gasteiger partial charge in [0.25, 0.3) is 5.56 Å². The molecule has 0 saturated carbocycles. The molecular weight excluding hydrogens is 368 g/mol. The monoisotopic (exact) mass is 388 g/mol. The molecule has 0 saturated heterocycles. The summed E-state index contributed by atoms with van der Waals surface area (Å²) in [5, 5.41) is 0.782. The molecule has 0 radical (unpaired) electrons. The molecule has 3 aromatic rings. The van der Waals surface area contributed by atoms with Crippen LogP contribution in [0.25, 0.3) is 10.9 Å². The first-order valence-electron chi connectivity index (χ1n) is 8.18. The summed E-state index contributed by atoms with van der Waals surface area (Å²) in [4.78, 5) is 15.1. The highest BCUT2D eigenvalue weighted by atomic mass is 32.2. The topological polar surface area (TPSA) is 97.5 Å². The van der Waals surface area contributed by atoms with E-state index in [2.05, 4.69) is 9.71 Å². The molecule has 2 aromatic carbocycles. The molecule has 0 bridgehead atoms. The molecule has 0 amide bonds. The molecule has 2 N–H and O–H groups in total. The minimum Gasteiger partial charge on any atom is -0.497 e. The highest BCUT2D eigenvalue weighted by Crippen LogP contribution is 2.22. The number of aryl methyl sites for hydroxylation is 1. The number of ether oxygens (including phenoxy) is 2. The standard InChI is InChI=1S/C19H20N2O5S/c1-12-8-16(6-7-18(12)26-3)27(23,24)20-11-14-9-13-4-5-15(25-2)10-17(13)21-19(14)22/h4-10,20H,11H2,1-3H3,(H,21,22). The Bertz CT molecular complexity index is 1150. The predicted molar refractivity (Wildman–Crippen MR) is 103 cm³/mol. The molecule has 0 fully saturated rings. The lowest BCUT2D eigenvalue weighted by molar-refractivity contribution is 0.411. The fourth-order valence-corrected chi connectivity index (χ4v) is 3.85. The molecule has 0 aliphatic rings. The average Bonchev–Trinajstić information content (AvgIpc) is 2.65. The first-order chi connectivity index (χ1) is 12.8. The van der Waals surface area contributed by atoms with Gasteiger partial charge >= 0.3 is 0 Å². The van der Waals surface area contributed by atoms with Crippen molar-refractivity contribution in [2.75, 3.05) is 14.2 Å². The maximum Gasteiger partial charge on any atom is 0.252 e. The van der Waals surface area contributed by atoms with Crippen molar-refractivity contribution in [2.45, 2.75) is 18.4 Å². The smallest absolute Gasteiger partial charge is 0.252 e. The van der Waals surface area contributed by atoms with Crippen LogP contribution in [-0.4, -0.2) is 27.6 Å². The second-order valence-corrected chi connectivity index (χ2v) is 7.80. The summed E-state index contributed by atoms with van der Waals surface area (Å²) in [7, 11) is -0.696. The summed E-state index contributed by atoms with van der Waals surface area (Å²) in [6.45, 7) is 1.64. The van der Waals surface area contributed by atoms with E-state index in [1.165, 1.54) is 19.2 Å². The number of fused-ring (bicyclic) bond motifs is 1. The predicted octanol–water partition coefficient (Wildman–Crippen LogP) is 2.33. The number of methoxy groups -OCH3 is 2. The van der Waals surface area contributed by atoms with Crippen LogP contribution in [0.3, 0.4) is 0 Å². The van der Waals surface area contributed by atoms with Gasteiger partial charge in [-0.25, -0.2) is 13.1 Å². The Morgan fingerprint density at radius 2 is 1.81 bits per heavy atom. The van der Waals surface area contributed by atoms with Crippen molar-refractivity contribution < 1.29 is 17.9 Å². The van der Waals surface area contributed by atoms with Crippen molar-refractivity contribution in [1.82, 2.24) is 9.71 Å². The molecule has 142 valence electrons. The Hall–Kier alpha value is -2.84. The Balaban J connectivity index is 1.86. The quantitative estimate of drug-likeness (QED) is 0.675. The van der Waals surface area contributed by atoms with Crippen molar-refractivity contribution in [3.8, 4) is 11.5 Å². The van der Waals surface area contributed by atoms with Crippen molar-refractivity contribution in [1.29, 1.82) is 0 Å². The number of sulfonamides is 1. The highest BCUT2D eigenvalue weighted by Gasteiger charge is 2.16. The molecule has 0 aliphatic heterocycles. The van der Waals surface area contributed by atoms with Gasteiger partial charge in [-0.3, -0.25) is 4.79 Å². The van der Waals surface area contributed by atoms with E-state index in [0.717, 1.165) is 5.39 Å². The van der Waals surface area contributed by atoms with E-state index in [-0.39, 0.29) is 17.0 Å². The number of aromatic amines is 1. The van der Waals surface area contributed by atoms with Crippen LogP contribution < -0.4 is 19.8 Å². The number of rotatable bonds is 6. The molecule has 0 spiro atoms. The van der Waals surface area contributed by atoms with Crippen LogP contribution in [0.1, 0.15) is 11.1 Å². The molecule has 8 heteroatoms. The zero-order chi connectivity index (χ0) is 19.6. The van der Waals surface area contributed by atoms with Crippen LogP contribution in [0.2, 0.25) is 0 Å². The average molecular weight is 388 g/mol. The number of hydrogen-bond acceptors (Lipinski definition) is 5. The number of hydrogen-bond donors (Lipinski definition) is 2. The summed E-state index contributed by atoms with van der Waals surface area (Å²) in [5.74, 6) is 1.23. The minimum absolute atomic E-state index is 0.114. The molecule has 27 heavy (non-hydrogen) atoms. The zero-order valence-electron chi connectivity index (χ0n) is 15.2. The summed E-state index contributed by atoms with van der Waals surface area (Å²) in [5.41, 5.74) is 1.29. The van der Waals surface area contributed by atoms with Crippen LogP contribution in [0.4, 0.5) is 0 Å². The third kappa shape index (κ3) is 3.96. The third-order valence-electron chi connectivity index (χ3n) is 4.26. The zero-order valence-corrected chi connectivity index (χ0v) is 16.0. The van der Waals surface area contributed by atoms with Crippen LogP contribution in [0.15, 0.2) is 52.2 Å². The van der Waals surface area contributed by atoms with E-state index in [1.54, 1.807) is 44.4 Å². The number of H-pyrrole nitrogens is 1. The van der Waals surface area contributed by atoms with Crippen LogP contribution in [-0.2, 0) is 16.6 Å². The minimum atomic E-state index is -3.76. The lowest BCUT2D eigenvalue weighted by Crippen LogP contribution is -2.27. The number of nitrogens with one attached hydrogen (secondary N) is 2. The Morgan fingerprint density at radius 1 is 1.04 bits per heavy atom. The Morgan fingerprint density at radius 3 is 2.48 bits per heavy atom.